The van der Waals surface area contributed by atoms with E-state index >= 15 is 0 Å². The van der Waals surface area contributed by atoms with Crippen LogP contribution in [-0.2, 0) is 9.59 Å². The molecule has 1 fully saturated rings. The Morgan fingerprint density at radius 1 is 0.968 bits per heavy atom. The van der Waals surface area contributed by atoms with Crippen LogP contribution in [0.25, 0.3) is 0 Å². The van der Waals surface area contributed by atoms with E-state index < -0.39 is 6.04 Å². The standard InChI is InChI=1S/C23H28N4O4/c1-16(28)24-21(17-9-11-18(31-2)12-10-17)15-22(29)25-19-7-3-4-8-20(19)26-23(30)27-13-5-6-14-27/h3-4,7-12,21H,5-6,13-15H2,1-2H3,(H,24,28)(H,25,29)(H,26,30). The summed E-state index contributed by atoms with van der Waals surface area (Å²) < 4.78 is 5.17. The molecule has 2 aromatic carbocycles. The lowest BCUT2D eigenvalue weighted by atomic mass is 10.0. The largest absolute Gasteiger partial charge is 0.497 e. The maximum Gasteiger partial charge on any atom is 0.321 e. The summed E-state index contributed by atoms with van der Waals surface area (Å²) in [5.74, 6) is 0.182. The monoisotopic (exact) mass is 424 g/mol. The zero-order valence-electron chi connectivity index (χ0n) is 17.8. The lowest BCUT2D eigenvalue weighted by Gasteiger charge is -2.20. The predicted molar refractivity (Wildman–Crippen MR) is 119 cm³/mol. The summed E-state index contributed by atoms with van der Waals surface area (Å²) in [6.07, 6.45) is 2.05. The highest BCUT2D eigenvalue weighted by molar-refractivity contribution is 5.99. The summed E-state index contributed by atoms with van der Waals surface area (Å²) >= 11 is 0. The second kappa shape index (κ2) is 10.5. The molecule has 0 aromatic heterocycles. The summed E-state index contributed by atoms with van der Waals surface area (Å²) in [6.45, 7) is 2.89. The molecular weight excluding hydrogens is 396 g/mol. The van der Waals surface area contributed by atoms with Crippen molar-refractivity contribution < 1.29 is 19.1 Å². The molecule has 0 radical (unpaired) electrons. The quantitative estimate of drug-likeness (QED) is 0.633. The Labute approximate surface area is 182 Å². The predicted octanol–water partition coefficient (Wildman–Crippen LogP) is 3.53. The molecule has 1 aliphatic rings. The SMILES string of the molecule is COc1ccc(C(CC(=O)Nc2ccccc2NC(=O)N2CCCC2)NC(C)=O)cc1. The van der Waals surface area contributed by atoms with E-state index in [0.717, 1.165) is 31.5 Å². The molecule has 1 unspecified atom stereocenters. The number of nitrogens with zero attached hydrogens (tertiary/aromatic N) is 1. The average molecular weight is 425 g/mol. The van der Waals surface area contributed by atoms with Gasteiger partial charge in [0.2, 0.25) is 11.8 Å². The Hall–Kier alpha value is -3.55. The van der Waals surface area contributed by atoms with Gasteiger partial charge in [-0.2, -0.15) is 0 Å². The first-order valence-corrected chi connectivity index (χ1v) is 10.3. The van der Waals surface area contributed by atoms with Crippen molar-refractivity contribution in [1.82, 2.24) is 10.2 Å². The van der Waals surface area contributed by atoms with E-state index in [9.17, 15) is 14.4 Å². The number of amides is 4. The molecule has 0 saturated carbocycles. The van der Waals surface area contributed by atoms with Gasteiger partial charge in [0.05, 0.1) is 30.9 Å². The molecule has 1 aliphatic heterocycles. The number of likely N-dealkylation sites (tertiary alicyclic amines) is 1. The zero-order valence-corrected chi connectivity index (χ0v) is 17.8. The summed E-state index contributed by atoms with van der Waals surface area (Å²) in [5, 5.41) is 8.55. The van der Waals surface area contributed by atoms with Gasteiger partial charge in [-0.05, 0) is 42.7 Å². The fraction of sp³-hybridized carbons (Fsp3) is 0.348. The van der Waals surface area contributed by atoms with Crippen LogP contribution >= 0.6 is 0 Å². The second-order valence-corrected chi connectivity index (χ2v) is 7.45. The Kier molecular flexibility index (Phi) is 7.48. The van der Waals surface area contributed by atoms with E-state index in [2.05, 4.69) is 16.0 Å². The number of rotatable bonds is 7. The molecule has 8 nitrogen and oxygen atoms in total. The maximum atomic E-state index is 12.8. The van der Waals surface area contributed by atoms with Crippen LogP contribution in [0.3, 0.4) is 0 Å². The van der Waals surface area contributed by atoms with E-state index in [1.54, 1.807) is 48.4 Å². The smallest absolute Gasteiger partial charge is 0.321 e. The van der Waals surface area contributed by atoms with Crippen molar-refractivity contribution in [3.8, 4) is 5.75 Å². The average Bonchev–Trinajstić information content (AvgIpc) is 3.29. The number of hydrogen-bond acceptors (Lipinski definition) is 4. The fourth-order valence-electron chi connectivity index (χ4n) is 3.54. The van der Waals surface area contributed by atoms with Crippen LogP contribution in [-0.4, -0.2) is 42.9 Å². The molecule has 1 heterocycles. The zero-order chi connectivity index (χ0) is 22.2. The number of hydrogen-bond donors (Lipinski definition) is 3. The number of methoxy groups -OCH3 is 1. The van der Waals surface area contributed by atoms with Gasteiger partial charge in [0.15, 0.2) is 0 Å². The van der Waals surface area contributed by atoms with Crippen LogP contribution in [0.4, 0.5) is 16.2 Å². The van der Waals surface area contributed by atoms with Crippen molar-refractivity contribution >= 4 is 29.2 Å². The minimum Gasteiger partial charge on any atom is -0.497 e. The molecule has 2 aromatic rings. The first kappa shape index (κ1) is 22.1. The molecule has 0 aliphatic carbocycles. The van der Waals surface area contributed by atoms with Crippen LogP contribution in [0.1, 0.15) is 37.8 Å². The van der Waals surface area contributed by atoms with Crippen molar-refractivity contribution in [3.63, 3.8) is 0 Å². The molecule has 4 amide bonds. The Balaban J connectivity index is 1.69. The van der Waals surface area contributed by atoms with Gasteiger partial charge in [-0.15, -0.1) is 0 Å². The number of carbonyl (C=O) groups is 3. The normalized spacial score (nSPS) is 13.9. The van der Waals surface area contributed by atoms with Gasteiger partial charge in [0.1, 0.15) is 5.75 Å². The summed E-state index contributed by atoms with van der Waals surface area (Å²) in [7, 11) is 1.58. The van der Waals surface area contributed by atoms with Gasteiger partial charge in [-0.25, -0.2) is 4.79 Å². The molecule has 1 saturated heterocycles. The minimum atomic E-state index is -0.491. The molecule has 164 valence electrons. The number of para-hydroxylation sites is 2. The minimum absolute atomic E-state index is 0.0420. The number of anilines is 2. The Morgan fingerprint density at radius 2 is 1.58 bits per heavy atom. The molecule has 8 heteroatoms. The van der Waals surface area contributed by atoms with Gasteiger partial charge in [-0.1, -0.05) is 24.3 Å². The van der Waals surface area contributed by atoms with Crippen LogP contribution in [0, 0.1) is 0 Å². The first-order valence-electron chi connectivity index (χ1n) is 10.3. The van der Waals surface area contributed by atoms with E-state index in [4.69, 9.17) is 4.74 Å². The molecule has 1 atom stereocenters. The first-order chi connectivity index (χ1) is 15.0. The highest BCUT2D eigenvalue weighted by Gasteiger charge is 2.21. The van der Waals surface area contributed by atoms with E-state index in [0.29, 0.717) is 17.1 Å². The molecule has 3 rings (SSSR count). The van der Waals surface area contributed by atoms with Crippen molar-refractivity contribution in [2.75, 3.05) is 30.8 Å². The van der Waals surface area contributed by atoms with Crippen LogP contribution in [0.2, 0.25) is 0 Å². The van der Waals surface area contributed by atoms with Gasteiger partial charge in [0, 0.05) is 20.0 Å². The van der Waals surface area contributed by atoms with Gasteiger partial charge >= 0.3 is 6.03 Å². The van der Waals surface area contributed by atoms with Gasteiger partial charge in [0.25, 0.3) is 0 Å². The molecule has 3 N–H and O–H groups in total. The summed E-state index contributed by atoms with van der Waals surface area (Å²) in [6, 6.07) is 13.6. The second-order valence-electron chi connectivity index (χ2n) is 7.45. The molecule has 0 bridgehead atoms. The number of carbonyl (C=O) groups excluding carboxylic acids is 3. The Bertz CT molecular complexity index is 923. The van der Waals surface area contributed by atoms with E-state index in [1.165, 1.54) is 6.92 Å². The topological polar surface area (TPSA) is 99.8 Å². The van der Waals surface area contributed by atoms with Crippen molar-refractivity contribution in [1.29, 1.82) is 0 Å². The number of benzene rings is 2. The van der Waals surface area contributed by atoms with Crippen LogP contribution in [0.5, 0.6) is 5.75 Å². The van der Waals surface area contributed by atoms with E-state index in [1.807, 2.05) is 12.1 Å². The third-order valence-corrected chi connectivity index (χ3v) is 5.12. The number of nitrogens with one attached hydrogen (secondary N) is 3. The lowest BCUT2D eigenvalue weighted by molar-refractivity contribution is -0.120. The highest BCUT2D eigenvalue weighted by atomic mass is 16.5. The van der Waals surface area contributed by atoms with Crippen LogP contribution in [0.15, 0.2) is 48.5 Å². The Morgan fingerprint density at radius 3 is 2.16 bits per heavy atom. The summed E-state index contributed by atoms with van der Waals surface area (Å²) in [5.41, 5.74) is 1.84. The van der Waals surface area contributed by atoms with Gasteiger partial charge in [-0.3, -0.25) is 9.59 Å². The van der Waals surface area contributed by atoms with E-state index in [-0.39, 0.29) is 24.3 Å². The fourth-order valence-corrected chi connectivity index (χ4v) is 3.54. The van der Waals surface area contributed by atoms with Gasteiger partial charge < -0.3 is 25.6 Å². The van der Waals surface area contributed by atoms with Crippen LogP contribution < -0.4 is 20.7 Å². The summed E-state index contributed by atoms with van der Waals surface area (Å²) in [4.78, 5) is 38.6. The highest BCUT2D eigenvalue weighted by Crippen LogP contribution is 2.25. The van der Waals surface area contributed by atoms with Crippen molar-refractivity contribution in [2.24, 2.45) is 0 Å². The third kappa shape index (κ3) is 6.21. The molecule has 0 spiro atoms. The number of ether oxygens (including phenoxy) is 1. The van der Waals surface area contributed by atoms with Crippen molar-refractivity contribution in [3.05, 3.63) is 54.1 Å². The third-order valence-electron chi connectivity index (χ3n) is 5.12. The molecular formula is C23H28N4O4. The molecule has 31 heavy (non-hydrogen) atoms. The van der Waals surface area contributed by atoms with Crippen molar-refractivity contribution in [2.45, 2.75) is 32.2 Å². The maximum absolute atomic E-state index is 12.8. The lowest BCUT2D eigenvalue weighted by Crippen LogP contribution is -2.32. The number of urea groups is 1.